The Labute approximate surface area is 172 Å². The Hall–Kier alpha value is -2.14. The second-order valence-corrected chi connectivity index (χ2v) is 7.61. The fourth-order valence-corrected chi connectivity index (χ4v) is 3.73. The number of amides is 1. The molecular weight excluding hydrogens is 370 g/mol. The smallest absolute Gasteiger partial charge is 0.234 e. The van der Waals surface area contributed by atoms with E-state index >= 15 is 0 Å². The van der Waals surface area contributed by atoms with E-state index < -0.39 is 0 Å². The molecule has 1 aliphatic rings. The molecule has 0 radical (unpaired) electrons. The molecule has 2 aromatic carbocycles. The highest BCUT2D eigenvalue weighted by Gasteiger charge is 2.19. The highest BCUT2D eigenvalue weighted by molar-refractivity contribution is 6.31. The highest BCUT2D eigenvalue weighted by atomic mass is 35.5. The van der Waals surface area contributed by atoms with E-state index in [1.165, 1.54) is 5.56 Å². The maximum atomic E-state index is 12.4. The summed E-state index contributed by atoms with van der Waals surface area (Å²) in [5.41, 5.74) is 2.18. The van der Waals surface area contributed by atoms with Gasteiger partial charge in [-0.1, -0.05) is 72.3 Å². The molecule has 0 saturated carbocycles. The first-order valence-corrected chi connectivity index (χ1v) is 10.2. The van der Waals surface area contributed by atoms with E-state index in [1.807, 2.05) is 37.3 Å². The number of carbonyl (C=O) groups excluding carboxylic acids is 1. The van der Waals surface area contributed by atoms with E-state index in [9.17, 15) is 4.79 Å². The molecular formula is C23H28ClN3O. The number of benzene rings is 2. The van der Waals surface area contributed by atoms with Gasteiger partial charge in [-0.25, -0.2) is 0 Å². The van der Waals surface area contributed by atoms with Crippen LogP contribution in [0.25, 0.3) is 6.08 Å². The number of carbonyl (C=O) groups is 1. The van der Waals surface area contributed by atoms with E-state index in [0.29, 0.717) is 11.6 Å². The normalized spacial score (nSPS) is 16.9. The van der Waals surface area contributed by atoms with Gasteiger partial charge < -0.3 is 5.32 Å². The minimum Gasteiger partial charge on any atom is -0.348 e. The van der Waals surface area contributed by atoms with Crippen LogP contribution >= 0.6 is 11.6 Å². The van der Waals surface area contributed by atoms with E-state index in [0.717, 1.165) is 38.3 Å². The zero-order valence-corrected chi connectivity index (χ0v) is 17.1. The van der Waals surface area contributed by atoms with Crippen molar-refractivity contribution in [3.8, 4) is 0 Å². The van der Waals surface area contributed by atoms with Gasteiger partial charge in [-0.2, -0.15) is 0 Å². The topological polar surface area (TPSA) is 35.6 Å². The molecule has 0 spiro atoms. The van der Waals surface area contributed by atoms with E-state index in [-0.39, 0.29) is 11.9 Å². The summed E-state index contributed by atoms with van der Waals surface area (Å²) in [6, 6.07) is 17.9. The van der Waals surface area contributed by atoms with Crippen LogP contribution in [0.3, 0.4) is 0 Å². The summed E-state index contributed by atoms with van der Waals surface area (Å²) in [5, 5.41) is 3.75. The molecule has 1 heterocycles. The van der Waals surface area contributed by atoms with Gasteiger partial charge >= 0.3 is 0 Å². The molecule has 0 aliphatic carbocycles. The highest BCUT2D eigenvalue weighted by Crippen LogP contribution is 2.22. The number of nitrogens with zero attached hydrogens (tertiary/aromatic N) is 2. The molecule has 5 heteroatoms. The van der Waals surface area contributed by atoms with Crippen molar-refractivity contribution >= 4 is 23.6 Å². The summed E-state index contributed by atoms with van der Waals surface area (Å²) >= 11 is 6.22. The van der Waals surface area contributed by atoms with Crippen LogP contribution in [0.2, 0.25) is 5.02 Å². The molecule has 1 fully saturated rings. The zero-order chi connectivity index (χ0) is 19.8. The third kappa shape index (κ3) is 6.20. The predicted molar refractivity (Wildman–Crippen MR) is 116 cm³/mol. The van der Waals surface area contributed by atoms with Crippen molar-refractivity contribution in [1.29, 1.82) is 0 Å². The lowest BCUT2D eigenvalue weighted by atomic mass is 10.1. The molecule has 0 bridgehead atoms. The SMILES string of the molecule is C[C@@H](NC(=O)CN1CCN(C/C=C/c2ccccc2)CC1)c1ccccc1Cl. The van der Waals surface area contributed by atoms with Crippen LogP contribution in [0.1, 0.15) is 24.1 Å². The molecule has 2 aromatic rings. The van der Waals surface area contributed by atoms with Gasteiger partial charge in [-0.15, -0.1) is 0 Å². The molecule has 1 N–H and O–H groups in total. The van der Waals surface area contributed by atoms with Crippen LogP contribution in [0, 0.1) is 0 Å². The summed E-state index contributed by atoms with van der Waals surface area (Å²) in [5.74, 6) is 0.0462. The van der Waals surface area contributed by atoms with Crippen LogP contribution in [0.15, 0.2) is 60.7 Å². The largest absolute Gasteiger partial charge is 0.348 e. The Bertz CT molecular complexity index is 785. The molecule has 1 aliphatic heterocycles. The number of nitrogens with one attached hydrogen (secondary N) is 1. The van der Waals surface area contributed by atoms with Crippen molar-refractivity contribution < 1.29 is 4.79 Å². The second kappa shape index (κ2) is 10.4. The summed E-state index contributed by atoms with van der Waals surface area (Å²) in [6.07, 6.45) is 4.37. The van der Waals surface area contributed by atoms with Crippen molar-refractivity contribution in [3.63, 3.8) is 0 Å². The Morgan fingerprint density at radius 3 is 2.39 bits per heavy atom. The lowest BCUT2D eigenvalue weighted by Crippen LogP contribution is -2.49. The third-order valence-electron chi connectivity index (χ3n) is 5.05. The van der Waals surface area contributed by atoms with Crippen molar-refractivity contribution in [1.82, 2.24) is 15.1 Å². The molecule has 0 unspecified atom stereocenters. The van der Waals surface area contributed by atoms with Crippen LogP contribution in [-0.2, 0) is 4.79 Å². The number of halogens is 1. The van der Waals surface area contributed by atoms with Gasteiger partial charge in [-0.05, 0) is 24.1 Å². The Balaban J connectivity index is 1.38. The number of hydrogen-bond donors (Lipinski definition) is 1. The lowest BCUT2D eigenvalue weighted by molar-refractivity contribution is -0.123. The van der Waals surface area contributed by atoms with Gasteiger partial charge in [0.05, 0.1) is 12.6 Å². The van der Waals surface area contributed by atoms with Gasteiger partial charge in [0.25, 0.3) is 0 Å². The van der Waals surface area contributed by atoms with Crippen molar-refractivity contribution in [2.75, 3.05) is 39.3 Å². The molecule has 4 nitrogen and oxygen atoms in total. The summed E-state index contributed by atoms with van der Waals surface area (Å²) < 4.78 is 0. The van der Waals surface area contributed by atoms with Gasteiger partial charge in [0.1, 0.15) is 0 Å². The fourth-order valence-electron chi connectivity index (χ4n) is 3.43. The zero-order valence-electron chi connectivity index (χ0n) is 16.4. The Morgan fingerprint density at radius 2 is 1.68 bits per heavy atom. The minimum atomic E-state index is -0.0920. The standard InChI is InChI=1S/C23H28ClN3O/c1-19(21-11-5-6-12-22(21)24)25-23(28)18-27-16-14-26(15-17-27)13-7-10-20-8-3-2-4-9-20/h2-12,19H,13-18H2,1H3,(H,25,28)/b10-7+/t19-/m1/s1. The first-order valence-electron chi connectivity index (χ1n) is 9.82. The van der Waals surface area contributed by atoms with E-state index in [1.54, 1.807) is 0 Å². The van der Waals surface area contributed by atoms with Crippen LogP contribution in [0.4, 0.5) is 0 Å². The van der Waals surface area contributed by atoms with E-state index in [2.05, 4.69) is 51.5 Å². The number of piperazine rings is 1. The predicted octanol–water partition coefficient (Wildman–Crippen LogP) is 3.85. The summed E-state index contributed by atoms with van der Waals surface area (Å²) in [4.78, 5) is 17.0. The van der Waals surface area contributed by atoms with Crippen molar-refractivity contribution in [2.24, 2.45) is 0 Å². The summed E-state index contributed by atoms with van der Waals surface area (Å²) in [7, 11) is 0. The molecule has 1 atom stereocenters. The average molecular weight is 398 g/mol. The third-order valence-corrected chi connectivity index (χ3v) is 5.40. The quantitative estimate of drug-likeness (QED) is 0.770. The summed E-state index contributed by atoms with van der Waals surface area (Å²) in [6.45, 7) is 7.12. The van der Waals surface area contributed by atoms with Gasteiger partial charge in [-0.3, -0.25) is 14.6 Å². The molecule has 1 saturated heterocycles. The molecule has 0 aromatic heterocycles. The number of hydrogen-bond acceptors (Lipinski definition) is 3. The van der Waals surface area contributed by atoms with Crippen LogP contribution < -0.4 is 5.32 Å². The maximum Gasteiger partial charge on any atom is 0.234 e. The second-order valence-electron chi connectivity index (χ2n) is 7.20. The first-order chi connectivity index (χ1) is 13.6. The molecule has 148 valence electrons. The van der Waals surface area contributed by atoms with E-state index in [4.69, 9.17) is 11.6 Å². The van der Waals surface area contributed by atoms with Crippen molar-refractivity contribution in [2.45, 2.75) is 13.0 Å². The minimum absolute atomic E-state index is 0.0462. The lowest BCUT2D eigenvalue weighted by Gasteiger charge is -2.33. The molecule has 28 heavy (non-hydrogen) atoms. The average Bonchev–Trinajstić information content (AvgIpc) is 2.70. The van der Waals surface area contributed by atoms with Crippen LogP contribution in [-0.4, -0.2) is 55.0 Å². The van der Waals surface area contributed by atoms with Gasteiger partial charge in [0.2, 0.25) is 5.91 Å². The monoisotopic (exact) mass is 397 g/mol. The Kier molecular flexibility index (Phi) is 7.66. The Morgan fingerprint density at radius 1 is 1.04 bits per heavy atom. The maximum absolute atomic E-state index is 12.4. The van der Waals surface area contributed by atoms with Gasteiger partial charge in [0, 0.05) is 37.7 Å². The van der Waals surface area contributed by atoms with Crippen LogP contribution in [0.5, 0.6) is 0 Å². The van der Waals surface area contributed by atoms with Gasteiger partial charge in [0.15, 0.2) is 0 Å². The fraction of sp³-hybridized carbons (Fsp3) is 0.348. The molecule has 1 amide bonds. The molecule has 3 rings (SSSR count). The van der Waals surface area contributed by atoms with Crippen molar-refractivity contribution in [3.05, 3.63) is 76.8 Å². The number of rotatable bonds is 7. The first kappa shape index (κ1) is 20.6.